The molecule has 2 heterocycles. The second-order valence-electron chi connectivity index (χ2n) is 5.54. The first-order chi connectivity index (χ1) is 10.7. The molecule has 1 saturated heterocycles. The lowest BCUT2D eigenvalue weighted by molar-refractivity contribution is 0.0527. The van der Waals surface area contributed by atoms with Crippen LogP contribution >= 0.6 is 0 Å². The van der Waals surface area contributed by atoms with Crippen LogP contribution in [0.5, 0.6) is 5.88 Å². The third-order valence-corrected chi connectivity index (χ3v) is 3.79. The van der Waals surface area contributed by atoms with Crippen molar-refractivity contribution in [3.8, 4) is 5.88 Å². The summed E-state index contributed by atoms with van der Waals surface area (Å²) in [5, 5.41) is 0. The van der Waals surface area contributed by atoms with Crippen molar-refractivity contribution in [2.45, 2.75) is 25.9 Å². The Morgan fingerprint density at radius 2 is 2.09 bits per heavy atom. The molecule has 3 rings (SSSR count). The van der Waals surface area contributed by atoms with Crippen LogP contribution in [0.4, 0.5) is 0 Å². The van der Waals surface area contributed by atoms with Gasteiger partial charge in [0.25, 0.3) is 5.91 Å². The van der Waals surface area contributed by atoms with Gasteiger partial charge in [-0.3, -0.25) is 9.78 Å². The lowest BCUT2D eigenvalue weighted by Crippen LogP contribution is -2.44. The van der Waals surface area contributed by atoms with Crippen molar-refractivity contribution in [1.29, 1.82) is 0 Å². The fourth-order valence-corrected chi connectivity index (χ4v) is 2.61. The van der Waals surface area contributed by atoms with Crippen molar-refractivity contribution in [2.75, 3.05) is 13.1 Å². The zero-order valence-corrected chi connectivity index (χ0v) is 12.6. The van der Waals surface area contributed by atoms with Crippen molar-refractivity contribution in [3.05, 3.63) is 54.0 Å². The monoisotopic (exact) mass is 297 g/mol. The molecule has 0 aliphatic carbocycles. The van der Waals surface area contributed by atoms with Crippen LogP contribution in [-0.4, -0.2) is 40.0 Å². The highest BCUT2D eigenvalue weighted by Gasteiger charge is 2.25. The number of aryl methyl sites for hydroxylation is 1. The van der Waals surface area contributed by atoms with E-state index in [1.165, 1.54) is 0 Å². The highest BCUT2D eigenvalue weighted by Crippen LogP contribution is 2.18. The van der Waals surface area contributed by atoms with Gasteiger partial charge in [-0.25, -0.2) is 4.98 Å². The van der Waals surface area contributed by atoms with Gasteiger partial charge in [0.15, 0.2) is 0 Å². The number of likely N-dealkylation sites (tertiary alicyclic amines) is 1. The molecule has 0 spiro atoms. The van der Waals surface area contributed by atoms with E-state index in [2.05, 4.69) is 9.97 Å². The Balaban J connectivity index is 1.65. The summed E-state index contributed by atoms with van der Waals surface area (Å²) in [6.07, 6.45) is 6.64. The van der Waals surface area contributed by atoms with Gasteiger partial charge in [-0.1, -0.05) is 17.7 Å². The molecular weight excluding hydrogens is 278 g/mol. The van der Waals surface area contributed by atoms with Crippen LogP contribution < -0.4 is 4.74 Å². The Bertz CT molecular complexity index is 628. The Kier molecular flexibility index (Phi) is 4.32. The number of hydrogen-bond acceptors (Lipinski definition) is 4. The number of rotatable bonds is 3. The van der Waals surface area contributed by atoms with E-state index < -0.39 is 0 Å². The van der Waals surface area contributed by atoms with E-state index in [0.717, 1.165) is 30.5 Å². The van der Waals surface area contributed by atoms with E-state index in [4.69, 9.17) is 4.74 Å². The van der Waals surface area contributed by atoms with Gasteiger partial charge in [0.2, 0.25) is 5.88 Å². The summed E-state index contributed by atoms with van der Waals surface area (Å²) in [7, 11) is 0. The molecule has 1 amide bonds. The normalized spacial score (nSPS) is 18.0. The molecule has 1 aliphatic heterocycles. The maximum atomic E-state index is 12.6. The maximum absolute atomic E-state index is 12.6. The average Bonchev–Trinajstić information content (AvgIpc) is 2.56. The van der Waals surface area contributed by atoms with E-state index in [1.807, 2.05) is 36.1 Å². The zero-order chi connectivity index (χ0) is 15.4. The number of benzene rings is 1. The van der Waals surface area contributed by atoms with Crippen molar-refractivity contribution in [1.82, 2.24) is 14.9 Å². The zero-order valence-electron chi connectivity index (χ0n) is 12.6. The first-order valence-corrected chi connectivity index (χ1v) is 7.51. The maximum Gasteiger partial charge on any atom is 0.253 e. The Hall–Kier alpha value is -2.43. The number of hydrogen-bond donors (Lipinski definition) is 0. The summed E-state index contributed by atoms with van der Waals surface area (Å²) in [4.78, 5) is 22.5. The number of carbonyl (C=O) groups is 1. The molecule has 1 unspecified atom stereocenters. The van der Waals surface area contributed by atoms with Crippen molar-refractivity contribution >= 4 is 5.91 Å². The number of amides is 1. The number of aromatic nitrogens is 2. The van der Waals surface area contributed by atoms with Crippen LogP contribution in [0.1, 0.15) is 28.8 Å². The van der Waals surface area contributed by atoms with E-state index >= 15 is 0 Å². The number of ether oxygens (including phenoxy) is 1. The number of nitrogens with zero attached hydrogens (tertiary/aromatic N) is 3. The minimum atomic E-state index is -0.0279. The van der Waals surface area contributed by atoms with Crippen molar-refractivity contribution < 1.29 is 9.53 Å². The summed E-state index contributed by atoms with van der Waals surface area (Å²) >= 11 is 0. The molecule has 0 N–H and O–H groups in total. The Morgan fingerprint density at radius 3 is 2.82 bits per heavy atom. The predicted octanol–water partition coefficient (Wildman–Crippen LogP) is 2.47. The highest BCUT2D eigenvalue weighted by molar-refractivity contribution is 5.94. The van der Waals surface area contributed by atoms with E-state index in [9.17, 15) is 4.79 Å². The van der Waals surface area contributed by atoms with Gasteiger partial charge >= 0.3 is 0 Å². The third kappa shape index (κ3) is 3.42. The molecule has 0 saturated carbocycles. The summed E-state index contributed by atoms with van der Waals surface area (Å²) < 4.78 is 5.82. The molecular formula is C17H19N3O2. The quantitative estimate of drug-likeness (QED) is 0.873. The standard InChI is InChI=1S/C17H19N3O2/c1-13-4-6-14(7-5-13)17(21)20-10-2-3-15(12-20)22-16-11-18-8-9-19-16/h4-9,11,15H,2-3,10,12H2,1H3. The van der Waals surface area contributed by atoms with Crippen LogP contribution in [0.25, 0.3) is 0 Å². The van der Waals surface area contributed by atoms with Crippen LogP contribution in [0, 0.1) is 6.92 Å². The molecule has 114 valence electrons. The van der Waals surface area contributed by atoms with Gasteiger partial charge in [0.05, 0.1) is 12.7 Å². The van der Waals surface area contributed by atoms with Gasteiger partial charge in [-0.15, -0.1) is 0 Å². The fraction of sp³-hybridized carbons (Fsp3) is 0.353. The largest absolute Gasteiger partial charge is 0.471 e. The Morgan fingerprint density at radius 1 is 1.27 bits per heavy atom. The fourth-order valence-electron chi connectivity index (χ4n) is 2.61. The molecule has 1 aromatic carbocycles. The summed E-state index contributed by atoms with van der Waals surface area (Å²) in [6, 6.07) is 7.69. The lowest BCUT2D eigenvalue weighted by Gasteiger charge is -2.32. The molecule has 5 heteroatoms. The predicted molar refractivity (Wildman–Crippen MR) is 82.8 cm³/mol. The first kappa shape index (κ1) is 14.5. The highest BCUT2D eigenvalue weighted by atomic mass is 16.5. The minimum Gasteiger partial charge on any atom is -0.471 e. The lowest BCUT2D eigenvalue weighted by atomic mass is 10.1. The first-order valence-electron chi connectivity index (χ1n) is 7.51. The molecule has 0 bridgehead atoms. The van der Waals surface area contributed by atoms with Crippen LogP contribution in [0.15, 0.2) is 42.9 Å². The van der Waals surface area contributed by atoms with Crippen molar-refractivity contribution in [3.63, 3.8) is 0 Å². The summed E-state index contributed by atoms with van der Waals surface area (Å²) in [6.45, 7) is 3.37. The van der Waals surface area contributed by atoms with Gasteiger partial charge in [0, 0.05) is 24.5 Å². The van der Waals surface area contributed by atoms with Gasteiger partial charge < -0.3 is 9.64 Å². The molecule has 1 atom stereocenters. The molecule has 1 aromatic heterocycles. The van der Waals surface area contributed by atoms with E-state index in [-0.39, 0.29) is 12.0 Å². The third-order valence-electron chi connectivity index (χ3n) is 3.79. The SMILES string of the molecule is Cc1ccc(C(=O)N2CCCC(Oc3cnccn3)C2)cc1. The van der Waals surface area contributed by atoms with Gasteiger partial charge in [-0.2, -0.15) is 0 Å². The van der Waals surface area contributed by atoms with Crippen LogP contribution in [-0.2, 0) is 0 Å². The average molecular weight is 297 g/mol. The summed E-state index contributed by atoms with van der Waals surface area (Å²) in [5.41, 5.74) is 1.88. The van der Waals surface area contributed by atoms with Gasteiger partial charge in [0.1, 0.15) is 6.10 Å². The molecule has 5 nitrogen and oxygen atoms in total. The van der Waals surface area contributed by atoms with Crippen LogP contribution in [0.3, 0.4) is 0 Å². The molecule has 0 radical (unpaired) electrons. The smallest absolute Gasteiger partial charge is 0.253 e. The molecule has 1 fully saturated rings. The Labute approximate surface area is 130 Å². The van der Waals surface area contributed by atoms with E-state index in [1.54, 1.807) is 18.6 Å². The number of carbonyl (C=O) groups excluding carboxylic acids is 1. The van der Waals surface area contributed by atoms with E-state index in [0.29, 0.717) is 12.4 Å². The molecule has 1 aliphatic rings. The molecule has 22 heavy (non-hydrogen) atoms. The second-order valence-corrected chi connectivity index (χ2v) is 5.54. The summed E-state index contributed by atoms with van der Waals surface area (Å²) in [5.74, 6) is 0.574. The minimum absolute atomic E-state index is 0.0279. The van der Waals surface area contributed by atoms with Crippen molar-refractivity contribution in [2.24, 2.45) is 0 Å². The topological polar surface area (TPSA) is 55.3 Å². The van der Waals surface area contributed by atoms with Gasteiger partial charge in [-0.05, 0) is 31.9 Å². The molecule has 2 aromatic rings. The second kappa shape index (κ2) is 6.56. The number of piperidine rings is 1. The van der Waals surface area contributed by atoms with Crippen LogP contribution in [0.2, 0.25) is 0 Å².